The number of nitrogens with two attached hydrogens (primary N) is 1. The van der Waals surface area contributed by atoms with E-state index in [-0.39, 0.29) is 5.84 Å². The van der Waals surface area contributed by atoms with Crippen molar-refractivity contribution in [2.24, 2.45) is 10.9 Å². The van der Waals surface area contributed by atoms with Crippen LogP contribution in [0.15, 0.2) is 22.4 Å². The molecule has 98 valence electrons. The maximum atomic E-state index is 8.70. The molecule has 0 unspecified atom stereocenters. The predicted molar refractivity (Wildman–Crippen MR) is 74.5 cm³/mol. The highest BCUT2D eigenvalue weighted by molar-refractivity contribution is 8.00. The van der Waals surface area contributed by atoms with Gasteiger partial charge in [0.25, 0.3) is 0 Å². The third-order valence-corrected chi connectivity index (χ3v) is 4.90. The van der Waals surface area contributed by atoms with Gasteiger partial charge in [-0.25, -0.2) is 4.98 Å². The maximum Gasteiger partial charge on any atom is 0.171 e. The minimum Gasteiger partial charge on any atom is -0.409 e. The monoisotopic (exact) mass is 285 g/mol. The number of hydrogen-bond donors (Lipinski definition) is 2. The fourth-order valence-electron chi connectivity index (χ4n) is 2.10. The van der Waals surface area contributed by atoms with E-state index in [0.29, 0.717) is 15.8 Å². The number of pyridine rings is 1. The quantitative estimate of drug-likeness (QED) is 0.387. The van der Waals surface area contributed by atoms with Crippen LogP contribution in [0.4, 0.5) is 0 Å². The van der Waals surface area contributed by atoms with E-state index in [1.165, 1.54) is 32.1 Å². The molecule has 6 heteroatoms. The zero-order chi connectivity index (χ0) is 13.0. The van der Waals surface area contributed by atoms with Gasteiger partial charge in [-0.3, -0.25) is 0 Å². The number of aromatic nitrogens is 1. The van der Waals surface area contributed by atoms with Crippen molar-refractivity contribution in [3.63, 3.8) is 0 Å². The van der Waals surface area contributed by atoms with Crippen molar-refractivity contribution in [2.45, 2.75) is 42.4 Å². The Morgan fingerprint density at radius 2 is 2.17 bits per heavy atom. The molecule has 2 rings (SSSR count). The van der Waals surface area contributed by atoms with E-state index in [4.69, 9.17) is 22.5 Å². The summed E-state index contributed by atoms with van der Waals surface area (Å²) in [6, 6.07) is 1.66. The first-order valence-electron chi connectivity index (χ1n) is 6.01. The second-order valence-electron chi connectivity index (χ2n) is 4.34. The van der Waals surface area contributed by atoms with Crippen LogP contribution in [0.25, 0.3) is 0 Å². The van der Waals surface area contributed by atoms with E-state index < -0.39 is 0 Å². The van der Waals surface area contributed by atoms with Crippen LogP contribution in [-0.4, -0.2) is 21.3 Å². The normalized spacial score (nSPS) is 17.9. The van der Waals surface area contributed by atoms with Gasteiger partial charge in [0.1, 0.15) is 5.03 Å². The smallest absolute Gasteiger partial charge is 0.171 e. The Bertz CT molecular complexity index is 447. The molecule has 0 saturated heterocycles. The summed E-state index contributed by atoms with van der Waals surface area (Å²) in [4.78, 5) is 4.29. The first-order chi connectivity index (χ1) is 8.72. The van der Waals surface area contributed by atoms with E-state index in [1.807, 2.05) is 0 Å². The molecule has 1 saturated carbocycles. The summed E-state index contributed by atoms with van der Waals surface area (Å²) in [7, 11) is 0. The predicted octanol–water partition coefficient (Wildman–Crippen LogP) is 3.25. The maximum absolute atomic E-state index is 8.70. The van der Waals surface area contributed by atoms with Crippen molar-refractivity contribution in [1.82, 2.24) is 4.98 Å². The van der Waals surface area contributed by atoms with E-state index in [2.05, 4.69) is 10.1 Å². The van der Waals surface area contributed by atoms with Crippen LogP contribution in [0.1, 0.15) is 37.7 Å². The average Bonchev–Trinajstić information content (AvgIpc) is 2.41. The van der Waals surface area contributed by atoms with Gasteiger partial charge in [0, 0.05) is 17.0 Å². The van der Waals surface area contributed by atoms with Crippen molar-refractivity contribution in [1.29, 1.82) is 0 Å². The summed E-state index contributed by atoms with van der Waals surface area (Å²) in [5, 5.41) is 13.5. The van der Waals surface area contributed by atoms with Crippen molar-refractivity contribution in [3.05, 3.63) is 22.8 Å². The molecule has 18 heavy (non-hydrogen) atoms. The lowest BCUT2D eigenvalue weighted by molar-refractivity contribution is 0.318. The SMILES string of the molecule is N/C(=N/O)c1ccnc(SC2CCCCC2)c1Cl. The molecule has 0 amide bonds. The Hall–Kier alpha value is -0.940. The van der Waals surface area contributed by atoms with Crippen molar-refractivity contribution >= 4 is 29.2 Å². The van der Waals surface area contributed by atoms with Gasteiger partial charge in [0.05, 0.1) is 5.02 Å². The van der Waals surface area contributed by atoms with Crippen LogP contribution in [0.3, 0.4) is 0 Å². The van der Waals surface area contributed by atoms with E-state index in [9.17, 15) is 0 Å². The van der Waals surface area contributed by atoms with Gasteiger partial charge in [-0.15, -0.1) is 11.8 Å². The van der Waals surface area contributed by atoms with E-state index in [1.54, 1.807) is 24.0 Å². The number of amidine groups is 1. The molecular formula is C12H16ClN3OS. The van der Waals surface area contributed by atoms with Crippen LogP contribution < -0.4 is 5.73 Å². The summed E-state index contributed by atoms with van der Waals surface area (Å²) >= 11 is 7.94. The lowest BCUT2D eigenvalue weighted by atomic mass is 10.0. The molecule has 1 aliphatic rings. The minimum atomic E-state index is 0.0212. The molecule has 0 spiro atoms. The Morgan fingerprint density at radius 3 is 2.83 bits per heavy atom. The lowest BCUT2D eigenvalue weighted by Gasteiger charge is -2.21. The highest BCUT2D eigenvalue weighted by Gasteiger charge is 2.18. The van der Waals surface area contributed by atoms with Crippen LogP contribution in [-0.2, 0) is 0 Å². The highest BCUT2D eigenvalue weighted by atomic mass is 35.5. The zero-order valence-corrected chi connectivity index (χ0v) is 11.5. The number of nitrogens with zero attached hydrogens (tertiary/aromatic N) is 2. The molecule has 3 N–H and O–H groups in total. The summed E-state index contributed by atoms with van der Waals surface area (Å²) in [5.41, 5.74) is 6.11. The highest BCUT2D eigenvalue weighted by Crippen LogP contribution is 2.36. The molecule has 1 aliphatic carbocycles. The summed E-state index contributed by atoms with van der Waals surface area (Å²) in [6.45, 7) is 0. The fraction of sp³-hybridized carbons (Fsp3) is 0.500. The van der Waals surface area contributed by atoms with Gasteiger partial charge in [-0.05, 0) is 18.9 Å². The molecular weight excluding hydrogens is 270 g/mol. The van der Waals surface area contributed by atoms with Gasteiger partial charge >= 0.3 is 0 Å². The number of thioether (sulfide) groups is 1. The molecule has 1 fully saturated rings. The van der Waals surface area contributed by atoms with Crippen molar-refractivity contribution in [2.75, 3.05) is 0 Å². The van der Waals surface area contributed by atoms with Gasteiger partial charge < -0.3 is 10.9 Å². The first kappa shape index (κ1) is 13.5. The number of halogens is 1. The second kappa shape index (κ2) is 6.29. The van der Waals surface area contributed by atoms with Gasteiger partial charge in [0.2, 0.25) is 0 Å². The molecule has 1 aromatic heterocycles. The average molecular weight is 286 g/mol. The van der Waals surface area contributed by atoms with Crippen LogP contribution in [0, 0.1) is 0 Å². The Morgan fingerprint density at radius 1 is 1.44 bits per heavy atom. The van der Waals surface area contributed by atoms with E-state index in [0.717, 1.165) is 5.03 Å². The second-order valence-corrected chi connectivity index (χ2v) is 6.01. The van der Waals surface area contributed by atoms with Crippen LogP contribution in [0.5, 0.6) is 0 Å². The van der Waals surface area contributed by atoms with E-state index >= 15 is 0 Å². The number of oxime groups is 1. The summed E-state index contributed by atoms with van der Waals surface area (Å²) in [5.74, 6) is 0.0212. The largest absolute Gasteiger partial charge is 0.409 e. The lowest BCUT2D eigenvalue weighted by Crippen LogP contribution is -2.15. The minimum absolute atomic E-state index is 0.0212. The Kier molecular flexibility index (Phi) is 4.72. The Labute approximate surface area is 116 Å². The standard InChI is InChI=1S/C12H16ClN3OS/c13-10-9(11(14)16-17)6-7-15-12(10)18-8-4-2-1-3-5-8/h6-8,17H,1-5H2,(H2,14,16). The zero-order valence-electron chi connectivity index (χ0n) is 9.97. The molecule has 0 atom stereocenters. The third kappa shape index (κ3) is 3.09. The number of hydrogen-bond acceptors (Lipinski definition) is 4. The van der Waals surface area contributed by atoms with Crippen LogP contribution in [0.2, 0.25) is 5.02 Å². The number of rotatable bonds is 3. The fourth-order valence-corrected chi connectivity index (χ4v) is 3.66. The molecule has 0 radical (unpaired) electrons. The molecule has 4 nitrogen and oxygen atoms in total. The topological polar surface area (TPSA) is 71.5 Å². The molecule has 0 bridgehead atoms. The molecule has 0 aliphatic heterocycles. The van der Waals surface area contributed by atoms with Crippen molar-refractivity contribution < 1.29 is 5.21 Å². The van der Waals surface area contributed by atoms with Crippen LogP contribution >= 0.6 is 23.4 Å². The first-order valence-corrected chi connectivity index (χ1v) is 7.27. The van der Waals surface area contributed by atoms with Gasteiger partial charge in [-0.1, -0.05) is 36.0 Å². The Balaban J connectivity index is 2.17. The summed E-state index contributed by atoms with van der Waals surface area (Å²) < 4.78 is 0. The molecule has 0 aromatic carbocycles. The van der Waals surface area contributed by atoms with Gasteiger partial charge in [0.15, 0.2) is 5.84 Å². The van der Waals surface area contributed by atoms with Crippen molar-refractivity contribution in [3.8, 4) is 0 Å². The molecule has 1 aromatic rings. The molecule has 1 heterocycles. The third-order valence-electron chi connectivity index (χ3n) is 3.07. The summed E-state index contributed by atoms with van der Waals surface area (Å²) in [6.07, 6.45) is 7.92. The van der Waals surface area contributed by atoms with Gasteiger partial charge in [-0.2, -0.15) is 0 Å².